The van der Waals surface area contributed by atoms with Crippen molar-refractivity contribution in [3.8, 4) is 11.5 Å². The second kappa shape index (κ2) is 10.7. The van der Waals surface area contributed by atoms with E-state index in [4.69, 9.17) is 4.74 Å². The van der Waals surface area contributed by atoms with E-state index in [-0.39, 0.29) is 30.9 Å². The Balaban J connectivity index is 1.58. The summed E-state index contributed by atoms with van der Waals surface area (Å²) in [5, 5.41) is 22.7. The Morgan fingerprint density at radius 2 is 1.50 bits per heavy atom. The molecule has 0 spiro atoms. The predicted octanol–water partition coefficient (Wildman–Crippen LogP) is 4.13. The van der Waals surface area contributed by atoms with E-state index in [1.165, 1.54) is 12.1 Å². The van der Waals surface area contributed by atoms with Gasteiger partial charge in [-0.05, 0) is 41.8 Å². The van der Waals surface area contributed by atoms with Gasteiger partial charge in [-0.3, -0.25) is 19.7 Å². The molecule has 0 aliphatic rings. The van der Waals surface area contributed by atoms with Gasteiger partial charge in [0.05, 0.1) is 17.8 Å². The van der Waals surface area contributed by atoms with Crippen LogP contribution >= 0.6 is 0 Å². The molecule has 2 N–H and O–H groups in total. The van der Waals surface area contributed by atoms with E-state index < -0.39 is 16.9 Å². The highest BCUT2D eigenvalue weighted by atomic mass is 16.6. The van der Waals surface area contributed by atoms with E-state index in [0.29, 0.717) is 17.1 Å². The number of nitro groups is 1. The molecule has 0 heterocycles. The van der Waals surface area contributed by atoms with Gasteiger partial charge >= 0.3 is 5.97 Å². The lowest BCUT2D eigenvalue weighted by Crippen LogP contribution is -2.38. The highest BCUT2D eigenvalue weighted by Crippen LogP contribution is 2.21. The van der Waals surface area contributed by atoms with Crippen LogP contribution in [0.4, 0.5) is 5.69 Å². The average molecular weight is 434 g/mol. The third-order valence-electron chi connectivity index (χ3n) is 4.68. The Labute approximate surface area is 184 Å². The van der Waals surface area contributed by atoms with Gasteiger partial charge < -0.3 is 15.2 Å². The molecule has 3 aromatic rings. The molecule has 0 saturated heterocycles. The quantitative estimate of drug-likeness (QED) is 0.366. The van der Waals surface area contributed by atoms with Gasteiger partial charge in [-0.25, -0.2) is 0 Å². The molecule has 8 nitrogen and oxygen atoms in total. The summed E-state index contributed by atoms with van der Waals surface area (Å²) in [7, 11) is 0. The molecule has 8 heteroatoms. The topological polar surface area (TPSA) is 119 Å². The van der Waals surface area contributed by atoms with Crippen LogP contribution < -0.4 is 10.1 Å². The zero-order chi connectivity index (χ0) is 22.9. The number of amides is 1. The summed E-state index contributed by atoms with van der Waals surface area (Å²) >= 11 is 0. The average Bonchev–Trinajstić information content (AvgIpc) is 2.75. The van der Waals surface area contributed by atoms with Crippen molar-refractivity contribution >= 4 is 17.6 Å². The number of nitrogens with one attached hydrogen (secondary N) is 1. The largest absolute Gasteiger partial charge is 0.481 e. The molecule has 32 heavy (non-hydrogen) atoms. The van der Waals surface area contributed by atoms with Crippen LogP contribution in [0.1, 0.15) is 17.5 Å². The maximum atomic E-state index is 12.5. The number of aliphatic carboxylic acids is 1. The van der Waals surface area contributed by atoms with E-state index >= 15 is 0 Å². The number of nitro benzene ring substituents is 1. The van der Waals surface area contributed by atoms with Gasteiger partial charge in [-0.2, -0.15) is 0 Å². The fourth-order valence-electron chi connectivity index (χ4n) is 3.19. The van der Waals surface area contributed by atoms with Crippen LogP contribution in [0.25, 0.3) is 0 Å². The summed E-state index contributed by atoms with van der Waals surface area (Å²) in [6.45, 7) is 0. The molecule has 0 aliphatic heterocycles. The van der Waals surface area contributed by atoms with Crippen molar-refractivity contribution in [1.29, 1.82) is 0 Å². The van der Waals surface area contributed by atoms with Gasteiger partial charge in [-0.15, -0.1) is 0 Å². The third kappa shape index (κ3) is 6.94. The molecule has 3 rings (SSSR count). The van der Waals surface area contributed by atoms with Crippen molar-refractivity contribution in [2.45, 2.75) is 25.3 Å². The molecule has 0 radical (unpaired) electrons. The molecule has 0 unspecified atom stereocenters. The number of para-hydroxylation sites is 1. The summed E-state index contributed by atoms with van der Waals surface area (Å²) in [5.41, 5.74) is 1.41. The van der Waals surface area contributed by atoms with Gasteiger partial charge in [0.2, 0.25) is 5.91 Å². The number of benzene rings is 3. The molecular formula is C24H22N2O6. The fourth-order valence-corrected chi connectivity index (χ4v) is 3.19. The molecule has 0 fully saturated rings. The molecule has 0 aromatic heterocycles. The van der Waals surface area contributed by atoms with Crippen molar-refractivity contribution in [1.82, 2.24) is 5.32 Å². The highest BCUT2D eigenvalue weighted by molar-refractivity contribution is 5.79. The Hall–Kier alpha value is -4.20. The van der Waals surface area contributed by atoms with E-state index in [1.54, 1.807) is 36.4 Å². The molecular weight excluding hydrogens is 412 g/mol. The number of carboxylic acids is 1. The minimum absolute atomic E-state index is 0.0488. The standard InChI is InChI=1S/C24H22N2O6/c27-23(15-18-8-12-22(13-9-18)32-21-4-2-1-3-5-21)25-19(16-24(28)29)14-17-6-10-20(11-7-17)26(30)31/h1-13,19H,14-16H2,(H,25,27)(H,28,29)/t19-/m1/s1. The normalized spacial score (nSPS) is 11.4. The van der Waals surface area contributed by atoms with Crippen LogP contribution in [-0.4, -0.2) is 27.9 Å². The Bertz CT molecular complexity index is 1070. The maximum Gasteiger partial charge on any atom is 0.305 e. The van der Waals surface area contributed by atoms with Crippen LogP contribution in [0.5, 0.6) is 11.5 Å². The van der Waals surface area contributed by atoms with Crippen molar-refractivity contribution in [2.75, 3.05) is 0 Å². The lowest BCUT2D eigenvalue weighted by atomic mass is 10.0. The fraction of sp³-hybridized carbons (Fsp3) is 0.167. The predicted molar refractivity (Wildman–Crippen MR) is 118 cm³/mol. The summed E-state index contributed by atoms with van der Waals surface area (Å²) in [6.07, 6.45) is 0.0778. The van der Waals surface area contributed by atoms with Gasteiger partial charge in [0, 0.05) is 18.2 Å². The molecule has 3 aromatic carbocycles. The first kappa shape index (κ1) is 22.5. The second-order valence-electron chi connectivity index (χ2n) is 7.23. The zero-order valence-corrected chi connectivity index (χ0v) is 17.1. The Morgan fingerprint density at radius 1 is 0.906 bits per heavy atom. The minimum atomic E-state index is -1.04. The van der Waals surface area contributed by atoms with Crippen LogP contribution in [0.3, 0.4) is 0 Å². The summed E-state index contributed by atoms with van der Waals surface area (Å²) in [4.78, 5) is 34.0. The van der Waals surface area contributed by atoms with E-state index in [9.17, 15) is 24.8 Å². The van der Waals surface area contributed by atoms with Crippen LogP contribution in [0.2, 0.25) is 0 Å². The van der Waals surface area contributed by atoms with Crippen molar-refractivity contribution < 1.29 is 24.4 Å². The number of hydrogen-bond donors (Lipinski definition) is 2. The number of nitrogens with zero attached hydrogens (tertiary/aromatic N) is 1. The van der Waals surface area contributed by atoms with Gasteiger partial charge in [0.25, 0.3) is 5.69 Å². The number of hydrogen-bond acceptors (Lipinski definition) is 5. The first-order valence-electron chi connectivity index (χ1n) is 9.95. The van der Waals surface area contributed by atoms with E-state index in [2.05, 4.69) is 5.32 Å². The van der Waals surface area contributed by atoms with Gasteiger partial charge in [0.15, 0.2) is 0 Å². The van der Waals surface area contributed by atoms with Crippen molar-refractivity contribution in [3.63, 3.8) is 0 Å². The highest BCUT2D eigenvalue weighted by Gasteiger charge is 2.17. The second-order valence-corrected chi connectivity index (χ2v) is 7.23. The number of carbonyl (C=O) groups is 2. The first-order chi connectivity index (χ1) is 15.4. The number of ether oxygens (including phenoxy) is 1. The Kier molecular flexibility index (Phi) is 7.53. The lowest BCUT2D eigenvalue weighted by Gasteiger charge is -2.17. The van der Waals surface area contributed by atoms with Crippen LogP contribution in [-0.2, 0) is 22.4 Å². The summed E-state index contributed by atoms with van der Waals surface area (Å²) < 4.78 is 5.73. The van der Waals surface area contributed by atoms with E-state index in [0.717, 1.165) is 5.56 Å². The van der Waals surface area contributed by atoms with Crippen molar-refractivity contribution in [3.05, 3.63) is 100 Å². The molecule has 0 saturated carbocycles. The number of carboxylic acid groups (broad SMARTS) is 1. The first-order valence-corrected chi connectivity index (χ1v) is 9.95. The van der Waals surface area contributed by atoms with Crippen LogP contribution in [0.15, 0.2) is 78.9 Å². The zero-order valence-electron chi connectivity index (χ0n) is 17.1. The van der Waals surface area contributed by atoms with E-state index in [1.807, 2.05) is 30.3 Å². The number of carbonyl (C=O) groups excluding carboxylic acids is 1. The van der Waals surface area contributed by atoms with Crippen LogP contribution in [0, 0.1) is 10.1 Å². The maximum absolute atomic E-state index is 12.5. The molecule has 164 valence electrons. The third-order valence-corrected chi connectivity index (χ3v) is 4.68. The molecule has 1 amide bonds. The molecule has 0 aliphatic carbocycles. The summed E-state index contributed by atoms with van der Waals surface area (Å²) in [5.74, 6) is -0.00227. The van der Waals surface area contributed by atoms with Gasteiger partial charge in [0.1, 0.15) is 11.5 Å². The van der Waals surface area contributed by atoms with Gasteiger partial charge in [-0.1, -0.05) is 42.5 Å². The SMILES string of the molecule is O=C(O)C[C@@H](Cc1ccc([N+](=O)[O-])cc1)NC(=O)Cc1ccc(Oc2ccccc2)cc1. The Morgan fingerprint density at radius 3 is 2.09 bits per heavy atom. The molecule has 1 atom stereocenters. The summed E-state index contributed by atoms with van der Waals surface area (Å²) in [6, 6.07) is 21.6. The number of non-ortho nitro benzene ring substituents is 1. The lowest BCUT2D eigenvalue weighted by molar-refractivity contribution is -0.384. The smallest absolute Gasteiger partial charge is 0.305 e. The minimum Gasteiger partial charge on any atom is -0.481 e. The molecule has 0 bridgehead atoms. The monoisotopic (exact) mass is 434 g/mol. The van der Waals surface area contributed by atoms with Crippen molar-refractivity contribution in [2.24, 2.45) is 0 Å². The number of rotatable bonds is 10.